The fourth-order valence-corrected chi connectivity index (χ4v) is 5.23. The summed E-state index contributed by atoms with van der Waals surface area (Å²) in [5.41, 5.74) is 6.74. The fourth-order valence-electron chi connectivity index (χ4n) is 4.30. The van der Waals surface area contributed by atoms with Gasteiger partial charge in [0.2, 0.25) is 6.41 Å². The number of carbonyl (C=O) groups excluding carboxylic acids is 3. The van der Waals surface area contributed by atoms with E-state index in [0.29, 0.717) is 17.8 Å². The normalized spacial score (nSPS) is 15.5. The van der Waals surface area contributed by atoms with E-state index in [0.717, 1.165) is 63.5 Å². The van der Waals surface area contributed by atoms with Crippen LogP contribution in [0.15, 0.2) is 76.5 Å². The van der Waals surface area contributed by atoms with Gasteiger partial charge in [0, 0.05) is 18.9 Å². The third-order valence-electron chi connectivity index (χ3n) is 6.56. The number of ether oxygens (including phenoxy) is 1. The summed E-state index contributed by atoms with van der Waals surface area (Å²) >= 11 is 1.70. The van der Waals surface area contributed by atoms with Crippen LogP contribution >= 0.6 is 11.8 Å². The number of hydrogen-bond acceptors (Lipinski definition) is 8. The molecule has 1 aliphatic heterocycles. The van der Waals surface area contributed by atoms with Crippen molar-refractivity contribution in [3.05, 3.63) is 77.9 Å². The monoisotopic (exact) mass is 622 g/mol. The molecule has 1 heterocycles. The standard InChI is InChI=1S/C15H12O2S.C8H12BNO2.C8H14O.C2H6.CH3NO/c1-10(16)8-11-6-7-15-13(9-11)17-12-4-2-3-5-14(12)18-15;1-10-6-7-3-2-4-8(5-7)9(11)12;1-6(5-9)3-8-4-7(8)2;1-2;2-1-3/h2-7,9H,8H2,1H3;2-5,10-12H,6H2,1H3;5-8H,3-4H2,1-2H3;1-2H3;1H,(H2,2,3). The van der Waals surface area contributed by atoms with Gasteiger partial charge in [-0.05, 0) is 79.5 Å². The molecule has 3 aromatic carbocycles. The lowest BCUT2D eigenvalue weighted by atomic mass is 9.80. The molecule has 3 unspecified atom stereocenters. The molecule has 0 radical (unpaired) electrons. The van der Waals surface area contributed by atoms with Crippen LogP contribution in [-0.4, -0.2) is 42.7 Å². The van der Waals surface area contributed by atoms with Gasteiger partial charge in [-0.15, -0.1) is 0 Å². The number of ketones is 1. The van der Waals surface area contributed by atoms with Crippen LogP contribution in [0.5, 0.6) is 11.5 Å². The summed E-state index contributed by atoms with van der Waals surface area (Å²) in [6.07, 6.45) is 4.23. The summed E-state index contributed by atoms with van der Waals surface area (Å²) in [6.45, 7) is 10.6. The molecule has 10 heteroatoms. The molecule has 0 spiro atoms. The van der Waals surface area contributed by atoms with Crippen molar-refractivity contribution in [2.24, 2.45) is 23.5 Å². The molecule has 0 bridgehead atoms. The molecule has 238 valence electrons. The van der Waals surface area contributed by atoms with Crippen LogP contribution in [0.1, 0.15) is 58.6 Å². The molecule has 3 atom stereocenters. The molecule has 1 saturated carbocycles. The molecule has 5 rings (SSSR count). The van der Waals surface area contributed by atoms with Crippen molar-refractivity contribution in [3.63, 3.8) is 0 Å². The average Bonchev–Trinajstić information content (AvgIpc) is 3.71. The molecule has 8 nitrogen and oxygen atoms in total. The van der Waals surface area contributed by atoms with E-state index in [1.807, 2.05) is 76.3 Å². The van der Waals surface area contributed by atoms with Gasteiger partial charge in [0.25, 0.3) is 0 Å². The Hall–Kier alpha value is -3.44. The zero-order chi connectivity index (χ0) is 33.1. The summed E-state index contributed by atoms with van der Waals surface area (Å²) in [4.78, 5) is 32.1. The quantitative estimate of drug-likeness (QED) is 0.156. The molecule has 1 fully saturated rings. The number of primary amides is 1. The van der Waals surface area contributed by atoms with Gasteiger partial charge in [-0.25, -0.2) is 0 Å². The van der Waals surface area contributed by atoms with E-state index in [4.69, 9.17) is 19.6 Å². The van der Waals surface area contributed by atoms with E-state index < -0.39 is 7.12 Å². The predicted molar refractivity (Wildman–Crippen MR) is 179 cm³/mol. The van der Waals surface area contributed by atoms with Gasteiger partial charge in [-0.2, -0.15) is 0 Å². The summed E-state index contributed by atoms with van der Waals surface area (Å²) in [7, 11) is 0.476. The minimum absolute atomic E-state index is 0.166. The molecule has 1 amide bonds. The van der Waals surface area contributed by atoms with Crippen LogP contribution in [-0.2, 0) is 27.3 Å². The second-order valence-electron chi connectivity index (χ2n) is 10.4. The lowest BCUT2D eigenvalue weighted by Gasteiger charge is -2.19. The minimum atomic E-state index is -1.37. The Morgan fingerprint density at radius 1 is 1.05 bits per heavy atom. The molecule has 3 aromatic rings. The van der Waals surface area contributed by atoms with Crippen molar-refractivity contribution in [1.29, 1.82) is 0 Å². The van der Waals surface area contributed by atoms with Crippen LogP contribution in [0.3, 0.4) is 0 Å². The van der Waals surface area contributed by atoms with Crippen LogP contribution in [0, 0.1) is 17.8 Å². The van der Waals surface area contributed by atoms with Crippen LogP contribution < -0.4 is 21.3 Å². The Kier molecular flexibility index (Phi) is 18.7. The second kappa shape index (κ2) is 21.3. The number of nitrogens with one attached hydrogen (secondary N) is 1. The molecule has 2 aliphatic rings. The largest absolute Gasteiger partial charge is 0.488 e. The number of amides is 1. The highest BCUT2D eigenvalue weighted by atomic mass is 32.2. The van der Waals surface area contributed by atoms with E-state index in [1.54, 1.807) is 36.9 Å². The number of fused-ring (bicyclic) bond motifs is 2. The number of carbonyl (C=O) groups is 3. The Morgan fingerprint density at radius 2 is 1.68 bits per heavy atom. The van der Waals surface area contributed by atoms with E-state index in [-0.39, 0.29) is 12.2 Å². The van der Waals surface area contributed by atoms with Crippen molar-refractivity contribution >= 4 is 42.8 Å². The lowest BCUT2D eigenvalue weighted by Crippen LogP contribution is -2.30. The number of aldehydes is 1. The second-order valence-corrected chi connectivity index (χ2v) is 11.5. The number of nitrogens with two attached hydrogens (primary N) is 1. The molecule has 44 heavy (non-hydrogen) atoms. The zero-order valence-corrected chi connectivity index (χ0v) is 27.5. The highest BCUT2D eigenvalue weighted by molar-refractivity contribution is 7.99. The summed E-state index contributed by atoms with van der Waals surface area (Å²) in [5.74, 6) is 3.95. The summed E-state index contributed by atoms with van der Waals surface area (Å²) in [5, 5.41) is 20.7. The summed E-state index contributed by atoms with van der Waals surface area (Å²) in [6, 6.07) is 21.1. The van der Waals surface area contributed by atoms with E-state index >= 15 is 0 Å². The first-order chi connectivity index (χ1) is 21.1. The molecule has 1 aliphatic carbocycles. The van der Waals surface area contributed by atoms with Gasteiger partial charge in [0.15, 0.2) is 0 Å². The predicted octanol–water partition coefficient (Wildman–Crippen LogP) is 5.16. The SMILES string of the molecule is CC.CC(=O)Cc1ccc2c(c1)Oc1ccccc1S2.CC(C=O)CC1CC1C.CNCc1cccc(B(O)O)c1.NC=O. The van der Waals surface area contributed by atoms with Crippen molar-refractivity contribution in [2.75, 3.05) is 7.05 Å². The Bertz CT molecular complexity index is 1310. The summed E-state index contributed by atoms with van der Waals surface area (Å²) < 4.78 is 5.87. The fraction of sp³-hybridized carbons (Fsp3) is 0.382. The first-order valence-electron chi connectivity index (χ1n) is 14.9. The maximum Gasteiger partial charge on any atom is 0.488 e. The van der Waals surface area contributed by atoms with Crippen LogP contribution in [0.2, 0.25) is 0 Å². The molecular weight excluding hydrogens is 575 g/mol. The molecule has 0 saturated heterocycles. The van der Waals surface area contributed by atoms with E-state index in [2.05, 4.69) is 18.0 Å². The van der Waals surface area contributed by atoms with Gasteiger partial charge in [-0.3, -0.25) is 9.59 Å². The highest BCUT2D eigenvalue weighted by Gasteiger charge is 2.33. The minimum Gasteiger partial charge on any atom is -0.455 e. The van der Waals surface area contributed by atoms with Gasteiger partial charge in [0.1, 0.15) is 23.6 Å². The van der Waals surface area contributed by atoms with E-state index in [9.17, 15) is 9.59 Å². The van der Waals surface area contributed by atoms with Crippen molar-refractivity contribution in [2.45, 2.75) is 70.2 Å². The van der Waals surface area contributed by atoms with Gasteiger partial charge in [-0.1, -0.05) is 81.9 Å². The topological polar surface area (TPSA) is 139 Å². The Morgan fingerprint density at radius 3 is 2.25 bits per heavy atom. The van der Waals surface area contributed by atoms with Crippen molar-refractivity contribution in [1.82, 2.24) is 5.32 Å². The number of Topliss-reactive ketones (excluding diaryl/α,β-unsaturated/α-hetero) is 1. The zero-order valence-electron chi connectivity index (χ0n) is 26.7. The first-order valence-corrected chi connectivity index (χ1v) is 15.7. The maximum absolute atomic E-state index is 11.1. The lowest BCUT2D eigenvalue weighted by molar-refractivity contribution is -0.116. The van der Waals surface area contributed by atoms with Gasteiger partial charge in [0.05, 0.1) is 9.79 Å². The van der Waals surface area contributed by atoms with Gasteiger partial charge < -0.3 is 30.6 Å². The average molecular weight is 623 g/mol. The molecule has 5 N–H and O–H groups in total. The Balaban J connectivity index is 0.000000324. The third kappa shape index (κ3) is 14.4. The number of rotatable bonds is 8. The van der Waals surface area contributed by atoms with Crippen LogP contribution in [0.25, 0.3) is 0 Å². The molecular formula is C34H47BN2O6S. The first kappa shape index (κ1) is 38.6. The number of benzene rings is 3. The van der Waals surface area contributed by atoms with E-state index in [1.165, 1.54) is 6.42 Å². The van der Waals surface area contributed by atoms with Crippen LogP contribution in [0.4, 0.5) is 0 Å². The molecule has 0 aromatic heterocycles. The highest BCUT2D eigenvalue weighted by Crippen LogP contribution is 2.47. The van der Waals surface area contributed by atoms with Gasteiger partial charge >= 0.3 is 7.12 Å². The Labute approximate surface area is 266 Å². The third-order valence-corrected chi connectivity index (χ3v) is 7.68. The maximum atomic E-state index is 11.1. The number of hydrogen-bond donors (Lipinski definition) is 4. The number of para-hydroxylation sites is 1. The van der Waals surface area contributed by atoms with Crippen molar-refractivity contribution in [3.8, 4) is 11.5 Å². The smallest absolute Gasteiger partial charge is 0.455 e. The van der Waals surface area contributed by atoms with Crippen molar-refractivity contribution < 1.29 is 29.2 Å².